The largest absolute Gasteiger partial charge is 0.353 e. The maximum atomic E-state index is 11.4. The van der Waals surface area contributed by atoms with E-state index in [4.69, 9.17) is 5.73 Å². The summed E-state index contributed by atoms with van der Waals surface area (Å²) in [5, 5.41) is 5.25. The Morgan fingerprint density at radius 1 is 1.18 bits per heavy atom. The summed E-state index contributed by atoms with van der Waals surface area (Å²) in [6.07, 6.45) is 1.30. The van der Waals surface area contributed by atoms with Crippen LogP contribution in [-0.4, -0.2) is 30.4 Å². The minimum absolute atomic E-state index is 0.0208. The molecule has 0 rings (SSSR count). The maximum Gasteiger partial charge on any atom is 0.239 e. The summed E-state index contributed by atoms with van der Waals surface area (Å²) in [5.74, 6) is 0.204. The number of carbonyl (C=O) groups excluding carboxylic acids is 2. The van der Waals surface area contributed by atoms with Gasteiger partial charge in [-0.15, -0.1) is 0 Å². The van der Waals surface area contributed by atoms with Crippen LogP contribution in [0.1, 0.15) is 40.5 Å². The van der Waals surface area contributed by atoms with Crippen LogP contribution >= 0.6 is 0 Å². The third-order valence-corrected chi connectivity index (χ3v) is 2.14. The Balaban J connectivity index is 3.66. The van der Waals surface area contributed by atoms with Gasteiger partial charge in [-0.2, -0.15) is 0 Å². The molecule has 5 heteroatoms. The van der Waals surface area contributed by atoms with Crippen molar-refractivity contribution < 1.29 is 9.59 Å². The molecule has 2 amide bonds. The van der Waals surface area contributed by atoms with Crippen molar-refractivity contribution >= 4 is 11.8 Å². The van der Waals surface area contributed by atoms with Crippen molar-refractivity contribution in [3.05, 3.63) is 0 Å². The van der Waals surface area contributed by atoms with Crippen molar-refractivity contribution in [1.82, 2.24) is 10.6 Å². The Morgan fingerprint density at radius 2 is 1.76 bits per heavy atom. The summed E-state index contributed by atoms with van der Waals surface area (Å²) < 4.78 is 0. The van der Waals surface area contributed by atoms with Crippen LogP contribution in [0.5, 0.6) is 0 Å². The molecular weight excluding hydrogens is 218 g/mol. The molecule has 0 fully saturated rings. The number of nitrogens with one attached hydrogen (secondary N) is 2. The summed E-state index contributed by atoms with van der Waals surface area (Å²) in [6, 6.07) is 0. The van der Waals surface area contributed by atoms with Crippen LogP contribution in [0.3, 0.4) is 0 Å². The Bertz CT molecular complexity index is 257. The lowest BCUT2D eigenvalue weighted by molar-refractivity contribution is -0.126. The van der Waals surface area contributed by atoms with E-state index >= 15 is 0 Å². The number of rotatable bonds is 7. The molecule has 0 bridgehead atoms. The highest BCUT2D eigenvalue weighted by Crippen LogP contribution is 2.02. The SMILES string of the molecule is CC(C)CCC(=O)NCC(=O)NCC(C)(C)N. The molecule has 100 valence electrons. The number of hydrogen-bond donors (Lipinski definition) is 3. The fourth-order valence-corrected chi connectivity index (χ4v) is 1.08. The molecule has 4 N–H and O–H groups in total. The lowest BCUT2D eigenvalue weighted by Crippen LogP contribution is -2.47. The Labute approximate surface area is 104 Å². The first-order chi connectivity index (χ1) is 7.70. The van der Waals surface area contributed by atoms with Gasteiger partial charge in [-0.25, -0.2) is 0 Å². The highest BCUT2D eigenvalue weighted by Gasteiger charge is 2.12. The van der Waals surface area contributed by atoms with Crippen LogP contribution in [0.2, 0.25) is 0 Å². The van der Waals surface area contributed by atoms with E-state index in [9.17, 15) is 9.59 Å². The van der Waals surface area contributed by atoms with E-state index in [0.717, 1.165) is 6.42 Å². The number of hydrogen-bond acceptors (Lipinski definition) is 3. The molecule has 0 heterocycles. The fourth-order valence-electron chi connectivity index (χ4n) is 1.08. The first kappa shape index (κ1) is 15.9. The molecule has 0 unspecified atom stereocenters. The van der Waals surface area contributed by atoms with Gasteiger partial charge in [0, 0.05) is 18.5 Å². The second kappa shape index (κ2) is 7.27. The van der Waals surface area contributed by atoms with Gasteiger partial charge in [-0.05, 0) is 26.2 Å². The highest BCUT2D eigenvalue weighted by atomic mass is 16.2. The van der Waals surface area contributed by atoms with Gasteiger partial charge in [-0.1, -0.05) is 13.8 Å². The zero-order chi connectivity index (χ0) is 13.5. The second-order valence-corrected chi connectivity index (χ2v) is 5.47. The molecule has 0 aromatic heterocycles. The first-order valence-electron chi connectivity index (χ1n) is 6.03. The van der Waals surface area contributed by atoms with Crippen molar-refractivity contribution in [3.63, 3.8) is 0 Å². The summed E-state index contributed by atoms with van der Waals surface area (Å²) in [4.78, 5) is 22.7. The van der Waals surface area contributed by atoms with Gasteiger partial charge in [-0.3, -0.25) is 9.59 Å². The quantitative estimate of drug-likeness (QED) is 0.605. The monoisotopic (exact) mass is 243 g/mol. The summed E-state index contributed by atoms with van der Waals surface area (Å²) in [7, 11) is 0. The molecule has 0 aliphatic carbocycles. The average Bonchev–Trinajstić information content (AvgIpc) is 2.19. The minimum atomic E-state index is -0.433. The molecule has 0 atom stereocenters. The molecule has 0 saturated heterocycles. The van der Waals surface area contributed by atoms with Gasteiger partial charge >= 0.3 is 0 Å². The summed E-state index contributed by atoms with van der Waals surface area (Å²) in [5.41, 5.74) is 5.29. The molecule has 0 aliphatic rings. The van der Waals surface area contributed by atoms with Gasteiger partial charge in [0.15, 0.2) is 0 Å². The first-order valence-corrected chi connectivity index (χ1v) is 6.03. The van der Waals surface area contributed by atoms with E-state index in [0.29, 0.717) is 18.9 Å². The number of nitrogens with two attached hydrogens (primary N) is 1. The topological polar surface area (TPSA) is 84.2 Å². The zero-order valence-electron chi connectivity index (χ0n) is 11.3. The van der Waals surface area contributed by atoms with Crippen LogP contribution in [0, 0.1) is 5.92 Å². The standard InChI is InChI=1S/C12H25N3O2/c1-9(2)5-6-10(16)14-7-11(17)15-8-12(3,4)13/h9H,5-8,13H2,1-4H3,(H,14,16)(H,15,17). The summed E-state index contributed by atoms with van der Waals surface area (Å²) in [6.45, 7) is 8.19. The molecule has 0 saturated carbocycles. The van der Waals surface area contributed by atoms with E-state index in [1.807, 2.05) is 13.8 Å². The van der Waals surface area contributed by atoms with Gasteiger partial charge in [0.2, 0.25) is 11.8 Å². The fraction of sp³-hybridized carbons (Fsp3) is 0.833. The smallest absolute Gasteiger partial charge is 0.239 e. The van der Waals surface area contributed by atoms with Crippen molar-refractivity contribution in [2.45, 2.75) is 46.1 Å². The van der Waals surface area contributed by atoms with E-state index in [1.165, 1.54) is 0 Å². The molecule has 0 aromatic carbocycles. The molecule has 0 aliphatic heterocycles. The predicted octanol–water partition coefficient (Wildman–Crippen LogP) is 0.392. The third kappa shape index (κ3) is 11.2. The van der Waals surface area contributed by atoms with Gasteiger partial charge in [0.05, 0.1) is 6.54 Å². The van der Waals surface area contributed by atoms with E-state index in [1.54, 1.807) is 0 Å². The van der Waals surface area contributed by atoms with Crippen LogP contribution in [0.4, 0.5) is 0 Å². The Morgan fingerprint density at radius 3 is 2.24 bits per heavy atom. The molecular formula is C12H25N3O2. The Hall–Kier alpha value is -1.10. The van der Waals surface area contributed by atoms with Crippen LogP contribution < -0.4 is 16.4 Å². The van der Waals surface area contributed by atoms with Gasteiger partial charge in [0.25, 0.3) is 0 Å². The molecule has 0 radical (unpaired) electrons. The minimum Gasteiger partial charge on any atom is -0.353 e. The molecule has 0 aromatic rings. The van der Waals surface area contributed by atoms with Crippen LogP contribution in [0.25, 0.3) is 0 Å². The summed E-state index contributed by atoms with van der Waals surface area (Å²) >= 11 is 0. The van der Waals surface area contributed by atoms with Crippen LogP contribution in [-0.2, 0) is 9.59 Å². The third-order valence-electron chi connectivity index (χ3n) is 2.14. The maximum absolute atomic E-state index is 11.4. The van der Waals surface area contributed by atoms with Crippen LogP contribution in [0.15, 0.2) is 0 Å². The van der Waals surface area contributed by atoms with Crippen molar-refractivity contribution in [2.24, 2.45) is 11.7 Å². The average molecular weight is 243 g/mol. The van der Waals surface area contributed by atoms with Crippen molar-refractivity contribution in [1.29, 1.82) is 0 Å². The lowest BCUT2D eigenvalue weighted by Gasteiger charge is -2.18. The highest BCUT2D eigenvalue weighted by molar-refractivity contribution is 5.84. The van der Waals surface area contributed by atoms with E-state index in [-0.39, 0.29) is 18.4 Å². The van der Waals surface area contributed by atoms with Gasteiger partial charge < -0.3 is 16.4 Å². The molecule has 17 heavy (non-hydrogen) atoms. The number of amides is 2. The van der Waals surface area contributed by atoms with E-state index in [2.05, 4.69) is 24.5 Å². The predicted molar refractivity (Wildman–Crippen MR) is 68.4 cm³/mol. The second-order valence-electron chi connectivity index (χ2n) is 5.47. The van der Waals surface area contributed by atoms with Gasteiger partial charge in [0.1, 0.15) is 0 Å². The lowest BCUT2D eigenvalue weighted by atomic mass is 10.1. The zero-order valence-corrected chi connectivity index (χ0v) is 11.3. The van der Waals surface area contributed by atoms with E-state index < -0.39 is 5.54 Å². The normalized spacial score (nSPS) is 11.4. The molecule has 5 nitrogen and oxygen atoms in total. The number of carbonyl (C=O) groups is 2. The van der Waals surface area contributed by atoms with Crippen molar-refractivity contribution in [2.75, 3.05) is 13.1 Å². The van der Waals surface area contributed by atoms with Crippen molar-refractivity contribution in [3.8, 4) is 0 Å². The Kier molecular flexibility index (Phi) is 6.80. The molecule has 0 spiro atoms.